The first-order valence-corrected chi connectivity index (χ1v) is 5.14. The lowest BCUT2D eigenvalue weighted by molar-refractivity contribution is -0.138. The molecule has 0 amide bonds. The molecule has 0 spiro atoms. The normalized spacial score (nSPS) is 14.4. The van der Waals surface area contributed by atoms with Crippen LogP contribution in [0.15, 0.2) is 0 Å². The second-order valence-corrected chi connectivity index (χ2v) is 5.24. The first-order chi connectivity index (χ1) is 6.22. The maximum Gasteiger partial charge on any atom is 0.304 e. The zero-order chi connectivity index (χ0) is 11.4. The van der Waals surface area contributed by atoms with Crippen molar-refractivity contribution in [3.63, 3.8) is 0 Å². The van der Waals surface area contributed by atoms with Gasteiger partial charge in [-0.15, -0.1) is 0 Å². The van der Waals surface area contributed by atoms with Gasteiger partial charge in [0.15, 0.2) is 0 Å². The Morgan fingerprint density at radius 3 is 2.29 bits per heavy atom. The van der Waals surface area contributed by atoms with Crippen molar-refractivity contribution in [2.75, 3.05) is 13.6 Å². The van der Waals surface area contributed by atoms with Crippen LogP contribution in [-0.2, 0) is 4.79 Å². The van der Waals surface area contributed by atoms with Crippen molar-refractivity contribution in [1.29, 1.82) is 0 Å². The molecule has 0 aliphatic heterocycles. The molecule has 0 aliphatic rings. The molecule has 0 radical (unpaired) electrons. The lowest BCUT2D eigenvalue weighted by Crippen LogP contribution is -2.33. The van der Waals surface area contributed by atoms with Gasteiger partial charge in [0, 0.05) is 6.04 Å². The molecule has 84 valence electrons. The zero-order valence-electron chi connectivity index (χ0n) is 10.0. The summed E-state index contributed by atoms with van der Waals surface area (Å²) in [6.45, 7) is 9.50. The fraction of sp³-hybridized carbons (Fsp3) is 0.909. The number of carboxylic acids is 1. The fourth-order valence-electron chi connectivity index (χ4n) is 1.14. The van der Waals surface area contributed by atoms with E-state index in [4.69, 9.17) is 5.11 Å². The molecule has 3 heteroatoms. The lowest BCUT2D eigenvalue weighted by Gasteiger charge is -2.27. The van der Waals surface area contributed by atoms with Crippen molar-refractivity contribution in [2.45, 2.75) is 46.6 Å². The predicted octanol–water partition coefficient (Wildman–Crippen LogP) is 2.22. The van der Waals surface area contributed by atoms with Gasteiger partial charge in [0.1, 0.15) is 0 Å². The lowest BCUT2D eigenvalue weighted by atomic mass is 9.92. The molecule has 0 rings (SSSR count). The van der Waals surface area contributed by atoms with Gasteiger partial charge in [0.05, 0.1) is 6.42 Å². The van der Waals surface area contributed by atoms with Crippen LogP contribution in [0.2, 0.25) is 0 Å². The zero-order valence-corrected chi connectivity index (χ0v) is 10.0. The molecule has 0 aliphatic carbocycles. The van der Waals surface area contributed by atoms with Gasteiger partial charge in [-0.05, 0) is 32.4 Å². The Bertz CT molecular complexity index is 184. The van der Waals surface area contributed by atoms with E-state index in [1.165, 1.54) is 0 Å². The molecule has 1 unspecified atom stereocenters. The largest absolute Gasteiger partial charge is 0.481 e. The number of carboxylic acid groups (broad SMARTS) is 1. The molecule has 1 atom stereocenters. The van der Waals surface area contributed by atoms with Crippen LogP contribution in [0.25, 0.3) is 0 Å². The SMILES string of the molecule is CC(CC(=O)O)N(C)CCC(C)(C)C. The molecule has 0 aromatic carbocycles. The van der Waals surface area contributed by atoms with Crippen LogP contribution in [0, 0.1) is 5.41 Å². The molecule has 0 bridgehead atoms. The Kier molecular flexibility index (Phi) is 5.13. The molecule has 0 heterocycles. The Morgan fingerprint density at radius 2 is 1.93 bits per heavy atom. The van der Waals surface area contributed by atoms with E-state index >= 15 is 0 Å². The van der Waals surface area contributed by atoms with Gasteiger partial charge in [-0.2, -0.15) is 0 Å². The first kappa shape index (κ1) is 13.4. The number of nitrogens with zero attached hydrogens (tertiary/aromatic N) is 1. The average Bonchev–Trinajstić information content (AvgIpc) is 1.97. The van der Waals surface area contributed by atoms with Gasteiger partial charge in [0.25, 0.3) is 0 Å². The molecule has 3 nitrogen and oxygen atoms in total. The summed E-state index contributed by atoms with van der Waals surface area (Å²) in [5.41, 5.74) is 0.317. The highest BCUT2D eigenvalue weighted by molar-refractivity contribution is 5.67. The van der Waals surface area contributed by atoms with Crippen molar-refractivity contribution in [2.24, 2.45) is 5.41 Å². The number of rotatable bonds is 5. The van der Waals surface area contributed by atoms with E-state index < -0.39 is 5.97 Å². The van der Waals surface area contributed by atoms with Gasteiger partial charge in [-0.25, -0.2) is 0 Å². The highest BCUT2D eigenvalue weighted by atomic mass is 16.4. The minimum atomic E-state index is -0.722. The van der Waals surface area contributed by atoms with E-state index in [1.807, 2.05) is 14.0 Å². The van der Waals surface area contributed by atoms with E-state index in [0.29, 0.717) is 5.41 Å². The Labute approximate surface area is 87.1 Å². The molecule has 0 aromatic heterocycles. The fourth-order valence-corrected chi connectivity index (χ4v) is 1.14. The smallest absolute Gasteiger partial charge is 0.304 e. The third-order valence-corrected chi connectivity index (χ3v) is 2.44. The summed E-state index contributed by atoms with van der Waals surface area (Å²) in [5, 5.41) is 8.63. The maximum absolute atomic E-state index is 10.5. The summed E-state index contributed by atoms with van der Waals surface area (Å²) in [6.07, 6.45) is 1.31. The summed E-state index contributed by atoms with van der Waals surface area (Å²) in [5.74, 6) is -0.722. The molecular weight excluding hydrogens is 178 g/mol. The van der Waals surface area contributed by atoms with Crippen LogP contribution in [0.1, 0.15) is 40.5 Å². The van der Waals surface area contributed by atoms with Gasteiger partial charge >= 0.3 is 5.97 Å². The molecule has 0 fully saturated rings. The van der Waals surface area contributed by atoms with E-state index in [1.54, 1.807) is 0 Å². The van der Waals surface area contributed by atoms with Crippen LogP contribution < -0.4 is 0 Å². The Balaban J connectivity index is 3.84. The van der Waals surface area contributed by atoms with Crippen LogP contribution >= 0.6 is 0 Å². The van der Waals surface area contributed by atoms with E-state index in [2.05, 4.69) is 25.7 Å². The van der Waals surface area contributed by atoms with Crippen molar-refractivity contribution in [1.82, 2.24) is 4.90 Å². The van der Waals surface area contributed by atoms with E-state index in [0.717, 1.165) is 13.0 Å². The Morgan fingerprint density at radius 1 is 1.43 bits per heavy atom. The van der Waals surface area contributed by atoms with Gasteiger partial charge < -0.3 is 10.0 Å². The second kappa shape index (κ2) is 5.35. The standard InChI is InChI=1S/C11H23NO2/c1-9(8-10(13)14)12(5)7-6-11(2,3)4/h9H,6-8H2,1-5H3,(H,13,14). The monoisotopic (exact) mass is 201 g/mol. The second-order valence-electron chi connectivity index (χ2n) is 5.24. The number of aliphatic carboxylic acids is 1. The van der Waals surface area contributed by atoms with Crippen molar-refractivity contribution in [3.05, 3.63) is 0 Å². The molecule has 0 aromatic rings. The number of hydrogen-bond acceptors (Lipinski definition) is 2. The highest BCUT2D eigenvalue weighted by Gasteiger charge is 2.16. The third-order valence-electron chi connectivity index (χ3n) is 2.44. The average molecular weight is 201 g/mol. The summed E-state index contributed by atoms with van der Waals surface area (Å²) in [7, 11) is 1.99. The maximum atomic E-state index is 10.5. The summed E-state index contributed by atoms with van der Waals surface area (Å²) in [4.78, 5) is 12.6. The predicted molar refractivity (Wildman–Crippen MR) is 58.4 cm³/mol. The molecule has 14 heavy (non-hydrogen) atoms. The van der Waals surface area contributed by atoms with E-state index in [-0.39, 0.29) is 12.5 Å². The highest BCUT2D eigenvalue weighted by Crippen LogP contribution is 2.19. The van der Waals surface area contributed by atoms with Gasteiger partial charge in [-0.1, -0.05) is 20.8 Å². The molecule has 0 saturated heterocycles. The molecule has 0 saturated carbocycles. The molecular formula is C11H23NO2. The molecule has 1 N–H and O–H groups in total. The van der Waals surface area contributed by atoms with Crippen molar-refractivity contribution >= 4 is 5.97 Å². The third kappa shape index (κ3) is 6.89. The quantitative estimate of drug-likeness (QED) is 0.741. The summed E-state index contributed by atoms with van der Waals surface area (Å²) in [6, 6.07) is 0.120. The summed E-state index contributed by atoms with van der Waals surface area (Å²) < 4.78 is 0. The van der Waals surface area contributed by atoms with Gasteiger partial charge in [0.2, 0.25) is 0 Å². The van der Waals surface area contributed by atoms with Crippen LogP contribution in [0.3, 0.4) is 0 Å². The van der Waals surface area contributed by atoms with Crippen molar-refractivity contribution in [3.8, 4) is 0 Å². The number of hydrogen-bond donors (Lipinski definition) is 1. The van der Waals surface area contributed by atoms with E-state index in [9.17, 15) is 4.79 Å². The minimum Gasteiger partial charge on any atom is -0.481 e. The topological polar surface area (TPSA) is 40.5 Å². The van der Waals surface area contributed by atoms with Crippen LogP contribution in [0.4, 0.5) is 0 Å². The van der Waals surface area contributed by atoms with Crippen LogP contribution in [-0.4, -0.2) is 35.6 Å². The Hall–Kier alpha value is -0.570. The first-order valence-electron chi connectivity index (χ1n) is 5.14. The van der Waals surface area contributed by atoms with Crippen molar-refractivity contribution < 1.29 is 9.90 Å². The van der Waals surface area contributed by atoms with Gasteiger partial charge in [-0.3, -0.25) is 4.79 Å². The number of carbonyl (C=O) groups is 1. The summed E-state index contributed by atoms with van der Waals surface area (Å²) >= 11 is 0. The minimum absolute atomic E-state index is 0.120. The van der Waals surface area contributed by atoms with Crippen LogP contribution in [0.5, 0.6) is 0 Å².